The predicted molar refractivity (Wildman–Crippen MR) is 79.7 cm³/mol. The molecule has 2 nitrogen and oxygen atoms in total. The van der Waals surface area contributed by atoms with E-state index in [1.165, 1.54) is 30.6 Å². The lowest BCUT2D eigenvalue weighted by Gasteiger charge is -2.10. The molecule has 0 saturated carbocycles. The summed E-state index contributed by atoms with van der Waals surface area (Å²) in [6.07, 6.45) is 5.27. The zero-order valence-corrected chi connectivity index (χ0v) is 12.5. The van der Waals surface area contributed by atoms with Crippen molar-refractivity contribution in [2.45, 2.75) is 52.1 Å². The second-order valence-corrected chi connectivity index (χ2v) is 6.59. The Hall–Kier alpha value is -1.06. The van der Waals surface area contributed by atoms with Gasteiger partial charge in [0.1, 0.15) is 11.5 Å². The molecule has 1 atom stereocenters. The average molecular weight is 275 g/mol. The molecular formula is C16H21NOS. The van der Waals surface area contributed by atoms with Crippen molar-refractivity contribution in [1.29, 1.82) is 0 Å². The Kier molecular flexibility index (Phi) is 3.76. The maximum atomic E-state index is 5.59. The minimum Gasteiger partial charge on any atom is -0.465 e. The molecule has 0 aliphatic heterocycles. The summed E-state index contributed by atoms with van der Waals surface area (Å²) < 4.78 is 5.59. The van der Waals surface area contributed by atoms with E-state index in [2.05, 4.69) is 24.4 Å². The zero-order valence-electron chi connectivity index (χ0n) is 11.7. The van der Waals surface area contributed by atoms with Gasteiger partial charge in [-0.2, -0.15) is 0 Å². The molecule has 0 aromatic carbocycles. The van der Waals surface area contributed by atoms with E-state index in [1.54, 1.807) is 10.4 Å². The Morgan fingerprint density at radius 2 is 2.16 bits per heavy atom. The number of hydrogen-bond donors (Lipinski definition) is 1. The SMILES string of the molecule is Cc1ccc(CNC(C)c2cc3c(s2)CCCC3)o1. The molecular weight excluding hydrogens is 254 g/mol. The molecule has 19 heavy (non-hydrogen) atoms. The number of rotatable bonds is 4. The Morgan fingerprint density at radius 3 is 2.89 bits per heavy atom. The van der Waals surface area contributed by atoms with Crippen molar-refractivity contribution < 1.29 is 4.42 Å². The van der Waals surface area contributed by atoms with Crippen LogP contribution in [0, 0.1) is 6.92 Å². The highest BCUT2D eigenvalue weighted by Crippen LogP contribution is 2.32. The Balaban J connectivity index is 1.63. The number of furan rings is 1. The van der Waals surface area contributed by atoms with Gasteiger partial charge in [-0.25, -0.2) is 0 Å². The molecule has 1 aliphatic carbocycles. The molecule has 1 aliphatic rings. The minimum atomic E-state index is 0.404. The van der Waals surface area contributed by atoms with Gasteiger partial charge in [0.25, 0.3) is 0 Å². The van der Waals surface area contributed by atoms with Crippen molar-refractivity contribution in [1.82, 2.24) is 5.32 Å². The molecule has 2 aromatic rings. The smallest absolute Gasteiger partial charge is 0.117 e. The van der Waals surface area contributed by atoms with E-state index in [0.717, 1.165) is 18.1 Å². The maximum absolute atomic E-state index is 5.59. The summed E-state index contributed by atoms with van der Waals surface area (Å²) in [6, 6.07) is 6.88. The van der Waals surface area contributed by atoms with E-state index in [9.17, 15) is 0 Å². The van der Waals surface area contributed by atoms with Gasteiger partial charge in [0, 0.05) is 15.8 Å². The molecule has 0 fully saturated rings. The van der Waals surface area contributed by atoms with Gasteiger partial charge < -0.3 is 9.73 Å². The van der Waals surface area contributed by atoms with E-state index in [0.29, 0.717) is 6.04 Å². The minimum absolute atomic E-state index is 0.404. The summed E-state index contributed by atoms with van der Waals surface area (Å²) in [6.45, 7) is 5.03. The molecule has 3 rings (SSSR count). The highest BCUT2D eigenvalue weighted by Gasteiger charge is 2.16. The molecule has 0 bridgehead atoms. The zero-order chi connectivity index (χ0) is 13.2. The van der Waals surface area contributed by atoms with E-state index >= 15 is 0 Å². The summed E-state index contributed by atoms with van der Waals surface area (Å²) in [5, 5.41) is 3.55. The molecule has 0 amide bonds. The second-order valence-electron chi connectivity index (χ2n) is 5.42. The van der Waals surface area contributed by atoms with Gasteiger partial charge in [-0.3, -0.25) is 0 Å². The Bertz CT molecular complexity index is 531. The Morgan fingerprint density at radius 1 is 1.32 bits per heavy atom. The van der Waals surface area contributed by atoms with Crippen LogP contribution in [0.25, 0.3) is 0 Å². The van der Waals surface area contributed by atoms with E-state index < -0.39 is 0 Å². The lowest BCUT2D eigenvalue weighted by atomic mass is 9.99. The van der Waals surface area contributed by atoms with Crippen molar-refractivity contribution in [2.75, 3.05) is 0 Å². The van der Waals surface area contributed by atoms with Gasteiger partial charge in [0.2, 0.25) is 0 Å². The quantitative estimate of drug-likeness (QED) is 0.896. The van der Waals surface area contributed by atoms with Crippen LogP contribution in [0.3, 0.4) is 0 Å². The maximum Gasteiger partial charge on any atom is 0.117 e. The lowest BCUT2D eigenvalue weighted by Crippen LogP contribution is -2.16. The van der Waals surface area contributed by atoms with Crippen LogP contribution in [0.1, 0.15) is 52.6 Å². The molecule has 1 N–H and O–H groups in total. The third-order valence-corrected chi connectivity index (χ3v) is 5.24. The molecule has 0 radical (unpaired) electrons. The normalized spacial score (nSPS) is 16.3. The topological polar surface area (TPSA) is 25.2 Å². The first kappa shape index (κ1) is 12.9. The standard InChI is InChI=1S/C16H21NOS/c1-11-7-8-14(18-11)10-17-12(2)16-9-13-5-3-4-6-15(13)19-16/h7-9,12,17H,3-6,10H2,1-2H3. The van der Waals surface area contributed by atoms with E-state index in [4.69, 9.17) is 4.42 Å². The third-order valence-electron chi connectivity index (χ3n) is 3.82. The lowest BCUT2D eigenvalue weighted by molar-refractivity contribution is 0.445. The monoisotopic (exact) mass is 275 g/mol. The fraction of sp³-hybridized carbons (Fsp3) is 0.500. The summed E-state index contributed by atoms with van der Waals surface area (Å²) in [7, 11) is 0. The van der Waals surface area contributed by atoms with Crippen LogP contribution >= 0.6 is 11.3 Å². The fourth-order valence-corrected chi connectivity index (χ4v) is 3.95. The van der Waals surface area contributed by atoms with Gasteiger partial charge in [-0.1, -0.05) is 0 Å². The summed E-state index contributed by atoms with van der Waals surface area (Å²) >= 11 is 1.99. The molecule has 102 valence electrons. The first-order chi connectivity index (χ1) is 9.22. The third kappa shape index (κ3) is 2.93. The van der Waals surface area contributed by atoms with Crippen molar-refractivity contribution >= 4 is 11.3 Å². The summed E-state index contributed by atoms with van der Waals surface area (Å²) in [5.41, 5.74) is 1.59. The fourth-order valence-electron chi connectivity index (χ4n) is 2.66. The number of nitrogens with one attached hydrogen (secondary N) is 1. The number of fused-ring (bicyclic) bond motifs is 1. The van der Waals surface area contributed by atoms with Crippen molar-refractivity contribution in [3.05, 3.63) is 45.0 Å². The number of hydrogen-bond acceptors (Lipinski definition) is 3. The van der Waals surface area contributed by atoms with Crippen molar-refractivity contribution in [3.8, 4) is 0 Å². The summed E-state index contributed by atoms with van der Waals surface area (Å²) in [4.78, 5) is 3.08. The van der Waals surface area contributed by atoms with Crippen LogP contribution in [0.4, 0.5) is 0 Å². The molecule has 0 saturated heterocycles. The van der Waals surface area contributed by atoms with E-state index in [-0.39, 0.29) is 0 Å². The first-order valence-corrected chi connectivity index (χ1v) is 7.94. The van der Waals surface area contributed by atoms with E-state index in [1.807, 2.05) is 24.3 Å². The van der Waals surface area contributed by atoms with Gasteiger partial charge in [0.05, 0.1) is 6.54 Å². The highest BCUT2D eigenvalue weighted by atomic mass is 32.1. The molecule has 3 heteroatoms. The summed E-state index contributed by atoms with van der Waals surface area (Å²) in [5.74, 6) is 2.00. The number of thiophene rings is 1. The van der Waals surface area contributed by atoms with Crippen LogP contribution < -0.4 is 5.32 Å². The van der Waals surface area contributed by atoms with Crippen molar-refractivity contribution in [2.24, 2.45) is 0 Å². The molecule has 1 unspecified atom stereocenters. The second kappa shape index (κ2) is 5.51. The molecule has 2 heterocycles. The van der Waals surface area contributed by atoms with Gasteiger partial charge in [0.15, 0.2) is 0 Å². The largest absolute Gasteiger partial charge is 0.465 e. The van der Waals surface area contributed by atoms with Crippen LogP contribution in [-0.4, -0.2) is 0 Å². The van der Waals surface area contributed by atoms with Crippen molar-refractivity contribution in [3.63, 3.8) is 0 Å². The van der Waals surface area contributed by atoms with Gasteiger partial charge >= 0.3 is 0 Å². The Labute approximate surface area is 118 Å². The first-order valence-electron chi connectivity index (χ1n) is 7.12. The highest BCUT2D eigenvalue weighted by molar-refractivity contribution is 7.12. The van der Waals surface area contributed by atoms with Crippen LogP contribution in [0.15, 0.2) is 22.6 Å². The molecule has 2 aromatic heterocycles. The average Bonchev–Trinajstić information content (AvgIpc) is 3.01. The number of aryl methyl sites for hydroxylation is 3. The van der Waals surface area contributed by atoms with Crippen LogP contribution in [-0.2, 0) is 19.4 Å². The predicted octanol–water partition coefficient (Wildman–Crippen LogP) is 4.38. The van der Waals surface area contributed by atoms with Gasteiger partial charge in [-0.15, -0.1) is 11.3 Å². The molecule has 0 spiro atoms. The van der Waals surface area contributed by atoms with Crippen LogP contribution in [0.2, 0.25) is 0 Å². The van der Waals surface area contributed by atoms with Gasteiger partial charge in [-0.05, 0) is 63.3 Å². The van der Waals surface area contributed by atoms with Crippen LogP contribution in [0.5, 0.6) is 0 Å².